The maximum absolute atomic E-state index is 11.3. The Morgan fingerprint density at radius 2 is 2.25 bits per heavy atom. The van der Waals surface area contributed by atoms with E-state index in [0.717, 1.165) is 19.4 Å². The summed E-state index contributed by atoms with van der Waals surface area (Å²) in [5, 5.41) is 10.3. The summed E-state index contributed by atoms with van der Waals surface area (Å²) in [6.07, 6.45) is 1.51. The summed E-state index contributed by atoms with van der Waals surface area (Å²) in [6.45, 7) is 7.65. The van der Waals surface area contributed by atoms with Crippen LogP contribution in [0.25, 0.3) is 0 Å². The molecule has 1 aliphatic rings. The Hall–Kier alpha value is -1.26. The fourth-order valence-corrected chi connectivity index (χ4v) is 1.58. The van der Waals surface area contributed by atoms with Gasteiger partial charge in [-0.3, -0.25) is 5.41 Å². The SMILES string of the molecule is CC(C)(C)OC(=O)NCCN1CCCC1=N. The summed E-state index contributed by atoms with van der Waals surface area (Å²) < 4.78 is 5.11. The highest BCUT2D eigenvalue weighted by molar-refractivity contribution is 5.80. The Kier molecular flexibility index (Phi) is 4.15. The molecular formula is C11H21N3O2. The molecule has 0 spiro atoms. The van der Waals surface area contributed by atoms with Crippen molar-refractivity contribution >= 4 is 11.9 Å². The molecule has 1 amide bonds. The lowest BCUT2D eigenvalue weighted by molar-refractivity contribution is 0.0525. The van der Waals surface area contributed by atoms with E-state index in [9.17, 15) is 4.79 Å². The van der Waals surface area contributed by atoms with Gasteiger partial charge in [-0.25, -0.2) is 4.79 Å². The predicted molar refractivity (Wildman–Crippen MR) is 62.8 cm³/mol. The van der Waals surface area contributed by atoms with Gasteiger partial charge in [-0.05, 0) is 27.2 Å². The molecule has 0 aromatic rings. The third kappa shape index (κ3) is 4.51. The number of nitrogens with one attached hydrogen (secondary N) is 2. The van der Waals surface area contributed by atoms with Crippen LogP contribution in [0.2, 0.25) is 0 Å². The number of hydrogen-bond donors (Lipinski definition) is 2. The van der Waals surface area contributed by atoms with Crippen molar-refractivity contribution in [2.24, 2.45) is 0 Å². The molecule has 0 aromatic carbocycles. The highest BCUT2D eigenvalue weighted by Gasteiger charge is 2.18. The molecular weight excluding hydrogens is 206 g/mol. The van der Waals surface area contributed by atoms with E-state index in [2.05, 4.69) is 5.32 Å². The van der Waals surface area contributed by atoms with Gasteiger partial charge in [-0.2, -0.15) is 0 Å². The molecule has 0 aromatic heterocycles. The number of alkyl carbamates (subject to hydrolysis) is 1. The van der Waals surface area contributed by atoms with Crippen molar-refractivity contribution in [3.63, 3.8) is 0 Å². The Labute approximate surface area is 96.7 Å². The van der Waals surface area contributed by atoms with Gasteiger partial charge in [-0.15, -0.1) is 0 Å². The fourth-order valence-electron chi connectivity index (χ4n) is 1.58. The number of likely N-dealkylation sites (tertiary alicyclic amines) is 1. The van der Waals surface area contributed by atoms with Gasteiger partial charge in [0.2, 0.25) is 0 Å². The number of amides is 1. The van der Waals surface area contributed by atoms with Crippen LogP contribution in [0.5, 0.6) is 0 Å². The zero-order valence-corrected chi connectivity index (χ0v) is 10.3. The standard InChI is InChI=1S/C11H21N3O2/c1-11(2,3)16-10(15)13-6-8-14-7-4-5-9(14)12/h12H,4-8H2,1-3H3,(H,13,15). The summed E-state index contributed by atoms with van der Waals surface area (Å²) in [7, 11) is 0. The Bertz CT molecular complexity index is 271. The molecule has 5 heteroatoms. The third-order valence-electron chi connectivity index (χ3n) is 2.27. The highest BCUT2D eigenvalue weighted by atomic mass is 16.6. The molecule has 1 heterocycles. The topological polar surface area (TPSA) is 65.4 Å². The maximum atomic E-state index is 11.3. The number of carbonyl (C=O) groups excluding carboxylic acids is 1. The van der Waals surface area contributed by atoms with Gasteiger partial charge < -0.3 is 15.0 Å². The van der Waals surface area contributed by atoms with Gasteiger partial charge in [0.1, 0.15) is 5.60 Å². The van der Waals surface area contributed by atoms with Gasteiger partial charge in [0.25, 0.3) is 0 Å². The molecule has 1 aliphatic heterocycles. The maximum Gasteiger partial charge on any atom is 0.407 e. The van der Waals surface area contributed by atoms with E-state index in [4.69, 9.17) is 10.1 Å². The Morgan fingerprint density at radius 3 is 2.75 bits per heavy atom. The third-order valence-corrected chi connectivity index (χ3v) is 2.27. The number of ether oxygens (including phenoxy) is 1. The van der Waals surface area contributed by atoms with E-state index in [1.54, 1.807) is 0 Å². The van der Waals surface area contributed by atoms with Crippen LogP contribution in [0.1, 0.15) is 33.6 Å². The second kappa shape index (κ2) is 5.18. The van der Waals surface area contributed by atoms with E-state index < -0.39 is 11.7 Å². The summed E-state index contributed by atoms with van der Waals surface area (Å²) in [5.74, 6) is 0.672. The minimum absolute atomic E-state index is 0.391. The van der Waals surface area contributed by atoms with E-state index >= 15 is 0 Å². The number of hydrogen-bond acceptors (Lipinski definition) is 3. The zero-order chi connectivity index (χ0) is 12.2. The van der Waals surface area contributed by atoms with E-state index in [-0.39, 0.29) is 0 Å². The van der Waals surface area contributed by atoms with Crippen molar-refractivity contribution in [3.8, 4) is 0 Å². The molecule has 0 unspecified atom stereocenters. The minimum Gasteiger partial charge on any atom is -0.444 e. The summed E-state index contributed by atoms with van der Waals surface area (Å²) >= 11 is 0. The van der Waals surface area contributed by atoms with Crippen molar-refractivity contribution in [3.05, 3.63) is 0 Å². The molecule has 0 radical (unpaired) electrons. The van der Waals surface area contributed by atoms with Gasteiger partial charge in [0.05, 0.1) is 5.84 Å². The van der Waals surface area contributed by atoms with Crippen LogP contribution >= 0.6 is 0 Å². The van der Waals surface area contributed by atoms with Gasteiger partial charge >= 0.3 is 6.09 Å². The molecule has 1 rings (SSSR count). The van der Waals surface area contributed by atoms with Crippen molar-refractivity contribution in [2.45, 2.75) is 39.2 Å². The predicted octanol–water partition coefficient (Wildman–Crippen LogP) is 1.58. The van der Waals surface area contributed by atoms with Crippen LogP contribution in [0.3, 0.4) is 0 Å². The highest BCUT2D eigenvalue weighted by Crippen LogP contribution is 2.09. The average molecular weight is 227 g/mol. The molecule has 0 saturated carbocycles. The van der Waals surface area contributed by atoms with Crippen LogP contribution < -0.4 is 5.32 Å². The first-order chi connectivity index (χ1) is 7.38. The first-order valence-electron chi connectivity index (χ1n) is 5.68. The van der Waals surface area contributed by atoms with Crippen LogP contribution in [-0.4, -0.2) is 42.1 Å². The van der Waals surface area contributed by atoms with Gasteiger partial charge in [0.15, 0.2) is 0 Å². The Morgan fingerprint density at radius 1 is 1.56 bits per heavy atom. The minimum atomic E-state index is -0.454. The number of nitrogens with zero attached hydrogens (tertiary/aromatic N) is 1. The molecule has 1 saturated heterocycles. The molecule has 0 bridgehead atoms. The fraction of sp³-hybridized carbons (Fsp3) is 0.818. The van der Waals surface area contributed by atoms with Gasteiger partial charge in [-0.1, -0.05) is 0 Å². The lowest BCUT2D eigenvalue weighted by Crippen LogP contribution is -2.38. The van der Waals surface area contributed by atoms with Gasteiger partial charge in [0, 0.05) is 26.1 Å². The van der Waals surface area contributed by atoms with Crippen LogP contribution in [0, 0.1) is 5.41 Å². The van der Waals surface area contributed by atoms with E-state index in [1.165, 1.54) is 0 Å². The molecule has 1 fully saturated rings. The van der Waals surface area contributed by atoms with Crippen molar-refractivity contribution in [1.82, 2.24) is 10.2 Å². The summed E-state index contributed by atoms with van der Waals surface area (Å²) in [6, 6.07) is 0. The molecule has 2 N–H and O–H groups in total. The first kappa shape index (κ1) is 12.8. The van der Waals surface area contributed by atoms with Crippen LogP contribution in [0.15, 0.2) is 0 Å². The number of amidine groups is 1. The summed E-state index contributed by atoms with van der Waals surface area (Å²) in [4.78, 5) is 13.3. The van der Waals surface area contributed by atoms with Crippen molar-refractivity contribution in [2.75, 3.05) is 19.6 Å². The normalized spacial score (nSPS) is 16.4. The number of rotatable bonds is 3. The van der Waals surface area contributed by atoms with E-state index in [0.29, 0.717) is 18.9 Å². The molecule has 0 atom stereocenters. The monoisotopic (exact) mass is 227 g/mol. The van der Waals surface area contributed by atoms with Crippen LogP contribution in [-0.2, 0) is 4.74 Å². The largest absolute Gasteiger partial charge is 0.444 e. The second-order valence-electron chi connectivity index (χ2n) is 4.97. The molecule has 5 nitrogen and oxygen atoms in total. The molecule has 92 valence electrons. The lowest BCUT2D eigenvalue weighted by Gasteiger charge is -2.21. The second-order valence-corrected chi connectivity index (χ2v) is 4.97. The first-order valence-corrected chi connectivity index (χ1v) is 5.68. The molecule has 0 aliphatic carbocycles. The quantitative estimate of drug-likeness (QED) is 0.769. The summed E-state index contributed by atoms with van der Waals surface area (Å²) in [5.41, 5.74) is -0.454. The average Bonchev–Trinajstić information content (AvgIpc) is 2.48. The van der Waals surface area contributed by atoms with Crippen LogP contribution in [0.4, 0.5) is 4.79 Å². The lowest BCUT2D eigenvalue weighted by atomic mass is 10.2. The molecule has 16 heavy (non-hydrogen) atoms. The van der Waals surface area contributed by atoms with Crippen molar-refractivity contribution in [1.29, 1.82) is 5.41 Å². The zero-order valence-electron chi connectivity index (χ0n) is 10.3. The Balaban J connectivity index is 2.15. The smallest absolute Gasteiger partial charge is 0.407 e. The van der Waals surface area contributed by atoms with E-state index in [1.807, 2.05) is 25.7 Å². The van der Waals surface area contributed by atoms with Crippen molar-refractivity contribution < 1.29 is 9.53 Å². The number of carbonyl (C=O) groups is 1.